The van der Waals surface area contributed by atoms with Gasteiger partial charge in [0.2, 0.25) is 0 Å². The van der Waals surface area contributed by atoms with Crippen LogP contribution in [0.5, 0.6) is 0 Å². The first-order valence-corrected chi connectivity index (χ1v) is 44.6. The Morgan fingerprint density at radius 1 is 0.222 bits per heavy atom. The highest BCUT2D eigenvalue weighted by atomic mass is 15.4. The molecular formula is C95H174N4. The standard InChI is InChI=1S/C95H174N4/c1-6-11-16-21-26-31-36-41-46-51-56-61-66-71-76-81-86-96(85-80-75-70-65-60-55-50-45-40-35-30-25-20-15-10-5)90-91-97-92-93-99(89-84-79-74-69-64-59-54-49-44-39-34-29-24-19-14-9-4)95(94-97)98(87-82-77-72-67-62-57-52-47-42-37-32-27-22-17-12-7-2)88-83-78-73-68-63-58-53-48-43-38-33-28-23-18-13-8-3/h25-34,40-49,95H,6-24,35-39,50-94H2,1-5H3/b30-25-,31-26-,32-27-,33-28-,34-29-,45-40-,46-41-,47-42-,48-43-,49-44-. The van der Waals surface area contributed by atoms with Crippen LogP contribution < -0.4 is 0 Å². The highest BCUT2D eigenvalue weighted by Crippen LogP contribution is 2.22. The van der Waals surface area contributed by atoms with E-state index >= 15 is 0 Å². The van der Waals surface area contributed by atoms with Crippen LogP contribution >= 0.6 is 0 Å². The molecule has 4 nitrogen and oxygen atoms in total. The fourth-order valence-electron chi connectivity index (χ4n) is 14.1. The average Bonchev–Trinajstić information content (AvgIpc) is 0.910. The van der Waals surface area contributed by atoms with E-state index in [1.54, 1.807) is 0 Å². The van der Waals surface area contributed by atoms with Crippen molar-refractivity contribution in [2.24, 2.45) is 0 Å². The first-order valence-electron chi connectivity index (χ1n) is 44.6. The summed E-state index contributed by atoms with van der Waals surface area (Å²) in [6.45, 7) is 24.1. The van der Waals surface area contributed by atoms with E-state index in [1.165, 1.54) is 412 Å². The fourth-order valence-corrected chi connectivity index (χ4v) is 14.1. The zero-order valence-electron chi connectivity index (χ0n) is 67.7. The van der Waals surface area contributed by atoms with Crippen molar-refractivity contribution >= 4 is 0 Å². The molecule has 0 N–H and O–H groups in total. The molecule has 1 saturated heterocycles. The summed E-state index contributed by atoms with van der Waals surface area (Å²) in [5, 5.41) is 0. The lowest BCUT2D eigenvalue weighted by Gasteiger charge is -2.47. The molecular weight excluding hydrogens is 1200 g/mol. The lowest BCUT2D eigenvalue weighted by Crippen LogP contribution is -2.61. The van der Waals surface area contributed by atoms with Crippen LogP contribution in [0.2, 0.25) is 0 Å². The van der Waals surface area contributed by atoms with E-state index in [2.05, 4.69) is 176 Å². The van der Waals surface area contributed by atoms with Gasteiger partial charge in [-0.15, -0.1) is 0 Å². The summed E-state index contributed by atoms with van der Waals surface area (Å²) in [4.78, 5) is 11.9. The molecule has 1 unspecified atom stereocenters. The van der Waals surface area contributed by atoms with Crippen LogP contribution in [-0.2, 0) is 0 Å². The second-order valence-corrected chi connectivity index (χ2v) is 30.3. The molecule has 1 fully saturated rings. The van der Waals surface area contributed by atoms with Gasteiger partial charge in [0.25, 0.3) is 0 Å². The fraction of sp³-hybridized carbons (Fsp3) is 0.789. The van der Waals surface area contributed by atoms with Crippen molar-refractivity contribution in [1.29, 1.82) is 0 Å². The van der Waals surface area contributed by atoms with Crippen molar-refractivity contribution in [2.45, 2.75) is 420 Å². The highest BCUT2D eigenvalue weighted by molar-refractivity contribution is 4.97. The SMILES string of the molecule is CCCC/C=C\C/C=C\CCCCCCCCN(CCCCCCCC/C=C\C/C=C\CCCCC)CCN1CCN(CCCCCCCC/C=C\C/C=C\CCCCC)C(N(CCCCCCCC/C=C\C/C=C\CCCCC)CCCCCCCC/C=C\C/C=C\CCCCC)C1. The molecule has 1 rings (SSSR count). The van der Waals surface area contributed by atoms with Gasteiger partial charge in [0.15, 0.2) is 0 Å². The molecule has 0 aromatic carbocycles. The molecule has 0 spiro atoms. The van der Waals surface area contributed by atoms with E-state index in [1.807, 2.05) is 0 Å². The maximum Gasteiger partial charge on any atom is 0.0754 e. The average molecular weight is 1370 g/mol. The van der Waals surface area contributed by atoms with Gasteiger partial charge in [0, 0.05) is 32.7 Å². The third kappa shape index (κ3) is 70.7. The molecule has 0 amide bonds. The third-order valence-electron chi connectivity index (χ3n) is 20.7. The van der Waals surface area contributed by atoms with Crippen molar-refractivity contribution in [3.8, 4) is 0 Å². The quantitative estimate of drug-likeness (QED) is 0.0444. The Morgan fingerprint density at radius 3 is 0.758 bits per heavy atom. The molecule has 1 heterocycles. The molecule has 0 radical (unpaired) electrons. The molecule has 99 heavy (non-hydrogen) atoms. The Bertz CT molecular complexity index is 1830. The molecule has 4 heteroatoms. The van der Waals surface area contributed by atoms with Crippen LogP contribution in [0.4, 0.5) is 0 Å². The van der Waals surface area contributed by atoms with Crippen molar-refractivity contribution in [2.75, 3.05) is 65.4 Å². The van der Waals surface area contributed by atoms with Crippen LogP contribution in [0, 0.1) is 0 Å². The number of hydrogen-bond donors (Lipinski definition) is 0. The first kappa shape index (κ1) is 94.3. The monoisotopic (exact) mass is 1370 g/mol. The molecule has 0 aliphatic carbocycles. The van der Waals surface area contributed by atoms with Crippen molar-refractivity contribution < 1.29 is 0 Å². The summed E-state index contributed by atoms with van der Waals surface area (Å²) < 4.78 is 0. The molecule has 0 aromatic heterocycles. The largest absolute Gasteiger partial charge is 0.302 e. The number of hydrogen-bond acceptors (Lipinski definition) is 4. The van der Waals surface area contributed by atoms with E-state index in [4.69, 9.17) is 0 Å². The van der Waals surface area contributed by atoms with E-state index in [-0.39, 0.29) is 0 Å². The molecule has 1 aliphatic heterocycles. The minimum atomic E-state index is 0.552. The van der Waals surface area contributed by atoms with Crippen molar-refractivity contribution in [3.63, 3.8) is 0 Å². The second-order valence-electron chi connectivity index (χ2n) is 30.3. The maximum atomic E-state index is 3.05. The Balaban J connectivity index is 3.10. The minimum absolute atomic E-state index is 0.552. The summed E-state index contributed by atoms with van der Waals surface area (Å²) in [6.07, 6.45) is 127. The molecule has 1 atom stereocenters. The van der Waals surface area contributed by atoms with Gasteiger partial charge in [0.05, 0.1) is 6.17 Å². The van der Waals surface area contributed by atoms with E-state index < -0.39 is 0 Å². The summed E-state index contributed by atoms with van der Waals surface area (Å²) in [5.74, 6) is 0. The molecule has 1 aliphatic rings. The number of unbranched alkanes of at least 4 members (excludes halogenated alkanes) is 44. The van der Waals surface area contributed by atoms with Gasteiger partial charge in [-0.25, -0.2) is 0 Å². The Labute approximate surface area is 622 Å². The Kier molecular flexibility index (Phi) is 78.6. The van der Waals surface area contributed by atoms with Gasteiger partial charge in [0.1, 0.15) is 0 Å². The van der Waals surface area contributed by atoms with Crippen LogP contribution in [0.3, 0.4) is 0 Å². The third-order valence-corrected chi connectivity index (χ3v) is 20.7. The van der Waals surface area contributed by atoms with E-state index in [0.717, 1.165) is 32.1 Å². The van der Waals surface area contributed by atoms with Crippen LogP contribution in [0.15, 0.2) is 122 Å². The minimum Gasteiger partial charge on any atom is -0.302 e. The Hall–Kier alpha value is -2.76. The van der Waals surface area contributed by atoms with Gasteiger partial charge in [-0.1, -0.05) is 349 Å². The normalized spacial score (nSPS) is 14.8. The molecule has 0 bridgehead atoms. The van der Waals surface area contributed by atoms with Gasteiger partial charge in [-0.2, -0.15) is 0 Å². The molecule has 0 aromatic rings. The van der Waals surface area contributed by atoms with Gasteiger partial charge >= 0.3 is 0 Å². The zero-order chi connectivity index (χ0) is 70.8. The van der Waals surface area contributed by atoms with Crippen molar-refractivity contribution in [1.82, 2.24) is 19.6 Å². The number of piperazine rings is 1. The Morgan fingerprint density at radius 2 is 0.465 bits per heavy atom. The smallest absolute Gasteiger partial charge is 0.0754 e. The molecule has 574 valence electrons. The first-order chi connectivity index (χ1) is 49.2. The van der Waals surface area contributed by atoms with Crippen LogP contribution in [-0.4, -0.2) is 91.2 Å². The van der Waals surface area contributed by atoms with Crippen LogP contribution in [0.25, 0.3) is 0 Å². The number of rotatable bonds is 78. The summed E-state index contributed by atoms with van der Waals surface area (Å²) in [6, 6.07) is 0. The summed E-state index contributed by atoms with van der Waals surface area (Å²) in [5.41, 5.74) is 0. The summed E-state index contributed by atoms with van der Waals surface area (Å²) >= 11 is 0. The molecule has 0 saturated carbocycles. The van der Waals surface area contributed by atoms with E-state index in [9.17, 15) is 0 Å². The zero-order valence-corrected chi connectivity index (χ0v) is 67.7. The van der Waals surface area contributed by atoms with Gasteiger partial charge < -0.3 is 4.90 Å². The summed E-state index contributed by atoms with van der Waals surface area (Å²) in [7, 11) is 0. The number of nitrogens with zero attached hydrogens (tertiary/aromatic N) is 4. The maximum absolute atomic E-state index is 3.05. The van der Waals surface area contributed by atoms with E-state index in [0.29, 0.717) is 6.17 Å². The lowest BCUT2D eigenvalue weighted by atomic mass is 10.1. The topological polar surface area (TPSA) is 13.0 Å². The van der Waals surface area contributed by atoms with Crippen LogP contribution in [0.1, 0.15) is 413 Å². The highest BCUT2D eigenvalue weighted by Gasteiger charge is 2.31. The van der Waals surface area contributed by atoms with Crippen molar-refractivity contribution in [3.05, 3.63) is 122 Å². The predicted octanol–water partition coefficient (Wildman–Crippen LogP) is 30.2. The predicted molar refractivity (Wildman–Crippen MR) is 452 cm³/mol. The van der Waals surface area contributed by atoms with Gasteiger partial charge in [-0.05, 0) is 219 Å². The second kappa shape index (κ2) is 82.5. The lowest BCUT2D eigenvalue weighted by molar-refractivity contribution is -0.0267. The number of allylic oxidation sites excluding steroid dienone is 20. The van der Waals surface area contributed by atoms with Gasteiger partial charge in [-0.3, -0.25) is 14.7 Å².